The number of ether oxygens (including phenoxy) is 1. The fraction of sp³-hybridized carbons (Fsp3) is 0.160. The van der Waals surface area contributed by atoms with Gasteiger partial charge in [0, 0.05) is 11.1 Å². The Labute approximate surface area is 169 Å². The number of aromatic hydroxyl groups is 2. The highest BCUT2D eigenvalue weighted by atomic mass is 16.5. The highest BCUT2D eigenvalue weighted by Gasteiger charge is 2.27. The van der Waals surface area contributed by atoms with Gasteiger partial charge in [-0.3, -0.25) is 4.79 Å². The molecule has 4 aromatic rings. The van der Waals surface area contributed by atoms with Crippen molar-refractivity contribution in [3.05, 3.63) is 66.7 Å². The summed E-state index contributed by atoms with van der Waals surface area (Å²) in [6, 6.07) is 20.2. The minimum atomic E-state index is -0.722. The number of carbonyl (C=O) groups is 1. The zero-order chi connectivity index (χ0) is 20.8. The van der Waals surface area contributed by atoms with Crippen LogP contribution in [0.5, 0.6) is 17.2 Å². The summed E-state index contributed by atoms with van der Waals surface area (Å²) >= 11 is 0. The van der Waals surface area contributed by atoms with Crippen molar-refractivity contribution in [1.29, 1.82) is 0 Å². The number of phenols is 2. The number of rotatable bonds is 2. The largest absolute Gasteiger partial charge is 0.507 e. The first-order valence-electron chi connectivity index (χ1n) is 9.45. The first kappa shape index (κ1) is 18.8. The summed E-state index contributed by atoms with van der Waals surface area (Å²) in [5.74, 6) is -0.501. The molecule has 0 atom stereocenters. The van der Waals surface area contributed by atoms with Crippen LogP contribution in [0.25, 0.3) is 32.7 Å². The lowest BCUT2D eigenvalue weighted by Crippen LogP contribution is -2.25. The quantitative estimate of drug-likeness (QED) is 0.326. The average molecular weight is 386 g/mol. The Morgan fingerprint density at radius 2 is 1.38 bits per heavy atom. The number of phenolic OH excluding ortho intramolecular Hbond substituents is 2. The Morgan fingerprint density at radius 3 is 2.03 bits per heavy atom. The van der Waals surface area contributed by atoms with Crippen LogP contribution in [-0.2, 0) is 4.79 Å². The van der Waals surface area contributed by atoms with E-state index in [0.29, 0.717) is 11.1 Å². The maximum Gasteiger partial charge on any atom is 0.316 e. The second-order valence-electron chi connectivity index (χ2n) is 8.14. The number of benzene rings is 4. The van der Waals surface area contributed by atoms with Crippen LogP contribution in [0.1, 0.15) is 20.8 Å². The third-order valence-corrected chi connectivity index (χ3v) is 4.96. The lowest BCUT2D eigenvalue weighted by Gasteiger charge is -2.20. The van der Waals surface area contributed by atoms with Crippen molar-refractivity contribution in [3.63, 3.8) is 0 Å². The minimum Gasteiger partial charge on any atom is -0.507 e. The lowest BCUT2D eigenvalue weighted by molar-refractivity contribution is -0.143. The van der Waals surface area contributed by atoms with Crippen LogP contribution in [-0.4, -0.2) is 16.2 Å². The molecule has 4 rings (SSSR count). The minimum absolute atomic E-state index is 0.0449. The molecule has 0 aliphatic carbocycles. The number of hydrogen-bond acceptors (Lipinski definition) is 4. The highest BCUT2D eigenvalue weighted by Crippen LogP contribution is 2.48. The molecule has 29 heavy (non-hydrogen) atoms. The maximum atomic E-state index is 12.5. The summed E-state index contributed by atoms with van der Waals surface area (Å²) in [6.45, 7) is 5.26. The number of fused-ring (bicyclic) bond motifs is 2. The van der Waals surface area contributed by atoms with Crippen molar-refractivity contribution in [2.45, 2.75) is 20.8 Å². The molecule has 0 radical (unpaired) electrons. The van der Waals surface area contributed by atoms with Gasteiger partial charge in [0.25, 0.3) is 0 Å². The molecule has 0 aliphatic rings. The van der Waals surface area contributed by atoms with Crippen LogP contribution in [0.2, 0.25) is 0 Å². The van der Waals surface area contributed by atoms with Gasteiger partial charge in [-0.25, -0.2) is 0 Å². The van der Waals surface area contributed by atoms with Crippen molar-refractivity contribution >= 4 is 27.5 Å². The summed E-state index contributed by atoms with van der Waals surface area (Å²) in [5.41, 5.74) is 0.222. The van der Waals surface area contributed by atoms with E-state index in [-0.39, 0.29) is 17.2 Å². The fourth-order valence-corrected chi connectivity index (χ4v) is 3.42. The van der Waals surface area contributed by atoms with Crippen molar-refractivity contribution < 1.29 is 19.7 Å². The molecule has 0 aromatic heterocycles. The second-order valence-corrected chi connectivity index (χ2v) is 8.14. The maximum absolute atomic E-state index is 12.5. The first-order valence-corrected chi connectivity index (χ1v) is 9.45. The van der Waals surface area contributed by atoms with E-state index in [1.807, 2.05) is 54.6 Å². The first-order chi connectivity index (χ1) is 13.8. The molecule has 0 heterocycles. The topological polar surface area (TPSA) is 66.8 Å². The predicted octanol–water partition coefficient (Wildman–Crippen LogP) is 6.02. The SMILES string of the molecule is CC(C)(C)C(=O)Oc1cc2ccccc2c(-c2c(O)ccc3ccccc23)c1O. The molecule has 4 aromatic carbocycles. The Balaban J connectivity index is 2.06. The molecular weight excluding hydrogens is 364 g/mol. The van der Waals surface area contributed by atoms with E-state index in [9.17, 15) is 15.0 Å². The summed E-state index contributed by atoms with van der Waals surface area (Å²) in [6.07, 6.45) is 0. The molecule has 0 saturated carbocycles. The molecule has 0 spiro atoms. The Hall–Kier alpha value is -3.53. The Morgan fingerprint density at radius 1 is 0.793 bits per heavy atom. The smallest absolute Gasteiger partial charge is 0.316 e. The van der Waals surface area contributed by atoms with E-state index in [4.69, 9.17) is 4.74 Å². The monoisotopic (exact) mass is 386 g/mol. The Bertz CT molecular complexity index is 1250. The van der Waals surface area contributed by atoms with E-state index < -0.39 is 11.4 Å². The van der Waals surface area contributed by atoms with Gasteiger partial charge in [0.2, 0.25) is 0 Å². The van der Waals surface area contributed by atoms with Crippen LogP contribution in [0.4, 0.5) is 0 Å². The van der Waals surface area contributed by atoms with E-state index in [1.165, 1.54) is 0 Å². The van der Waals surface area contributed by atoms with Crippen LogP contribution < -0.4 is 4.74 Å². The highest BCUT2D eigenvalue weighted by molar-refractivity contribution is 6.10. The van der Waals surface area contributed by atoms with Gasteiger partial charge >= 0.3 is 5.97 Å². The normalized spacial score (nSPS) is 11.7. The van der Waals surface area contributed by atoms with E-state index in [1.54, 1.807) is 32.9 Å². The van der Waals surface area contributed by atoms with E-state index >= 15 is 0 Å². The average Bonchev–Trinajstić information content (AvgIpc) is 2.69. The number of esters is 1. The fourth-order valence-electron chi connectivity index (χ4n) is 3.42. The zero-order valence-corrected chi connectivity index (χ0v) is 16.6. The molecule has 0 unspecified atom stereocenters. The molecule has 0 amide bonds. The lowest BCUT2D eigenvalue weighted by atomic mass is 9.92. The summed E-state index contributed by atoms with van der Waals surface area (Å²) < 4.78 is 5.56. The third kappa shape index (κ3) is 3.27. The molecule has 4 heteroatoms. The molecule has 0 bridgehead atoms. The van der Waals surface area contributed by atoms with Gasteiger partial charge in [0.1, 0.15) is 5.75 Å². The Kier molecular flexibility index (Phi) is 4.42. The van der Waals surface area contributed by atoms with Crippen molar-refractivity contribution in [1.82, 2.24) is 0 Å². The van der Waals surface area contributed by atoms with Crippen LogP contribution >= 0.6 is 0 Å². The van der Waals surface area contributed by atoms with Gasteiger partial charge in [-0.2, -0.15) is 0 Å². The summed E-state index contributed by atoms with van der Waals surface area (Å²) in [4.78, 5) is 12.5. The standard InChI is InChI=1S/C25H22O4/c1-25(2,3)24(28)29-20-14-16-9-5-7-11-18(16)22(23(20)27)21-17-10-6-4-8-15(17)12-13-19(21)26/h4-14,26-27H,1-3H3. The van der Waals surface area contributed by atoms with Crippen LogP contribution in [0, 0.1) is 5.41 Å². The van der Waals surface area contributed by atoms with Gasteiger partial charge in [0.05, 0.1) is 5.41 Å². The van der Waals surface area contributed by atoms with Gasteiger partial charge in [-0.15, -0.1) is 0 Å². The van der Waals surface area contributed by atoms with Gasteiger partial charge in [0.15, 0.2) is 11.5 Å². The van der Waals surface area contributed by atoms with Gasteiger partial charge in [-0.05, 0) is 54.4 Å². The van der Waals surface area contributed by atoms with Crippen molar-refractivity contribution in [2.24, 2.45) is 5.41 Å². The summed E-state index contributed by atoms with van der Waals surface area (Å²) in [7, 11) is 0. The second kappa shape index (κ2) is 6.82. The molecule has 0 aliphatic heterocycles. The van der Waals surface area contributed by atoms with Gasteiger partial charge < -0.3 is 14.9 Å². The molecule has 2 N–H and O–H groups in total. The molecule has 4 nitrogen and oxygen atoms in total. The van der Waals surface area contributed by atoms with Crippen molar-refractivity contribution in [2.75, 3.05) is 0 Å². The van der Waals surface area contributed by atoms with Crippen LogP contribution in [0.3, 0.4) is 0 Å². The third-order valence-electron chi connectivity index (χ3n) is 4.96. The zero-order valence-electron chi connectivity index (χ0n) is 16.6. The van der Waals surface area contributed by atoms with Crippen molar-refractivity contribution in [3.8, 4) is 28.4 Å². The molecule has 0 fully saturated rings. The molecule has 0 saturated heterocycles. The number of carbonyl (C=O) groups excluding carboxylic acids is 1. The summed E-state index contributed by atoms with van der Waals surface area (Å²) in [5, 5.41) is 25.2. The van der Waals surface area contributed by atoms with E-state index in [2.05, 4.69) is 0 Å². The predicted molar refractivity (Wildman–Crippen MR) is 115 cm³/mol. The number of hydrogen-bond donors (Lipinski definition) is 2. The molecular formula is C25H22O4. The molecule has 146 valence electrons. The van der Waals surface area contributed by atoms with Crippen LogP contribution in [0.15, 0.2) is 66.7 Å². The van der Waals surface area contributed by atoms with E-state index in [0.717, 1.165) is 21.5 Å². The van der Waals surface area contributed by atoms with Gasteiger partial charge in [-0.1, -0.05) is 54.6 Å².